The highest BCUT2D eigenvalue weighted by atomic mass is 35.5. The molecule has 12 nitrogen and oxygen atoms in total. The highest BCUT2D eigenvalue weighted by Gasteiger charge is 2.32. The van der Waals surface area contributed by atoms with Crippen LogP contribution in [0.25, 0.3) is 44.3 Å². The lowest BCUT2D eigenvalue weighted by atomic mass is 9.87. The Kier molecular flexibility index (Phi) is 9.99. The Morgan fingerprint density at radius 2 is 1.00 bits per heavy atom. The quantitative estimate of drug-likeness (QED) is 0.142. The van der Waals surface area contributed by atoms with E-state index in [9.17, 15) is 19.2 Å². The van der Waals surface area contributed by atoms with Gasteiger partial charge in [-0.3, -0.25) is 28.5 Å². The molecule has 0 fully saturated rings. The molecule has 4 aromatic carbocycles. The number of nitrogens with one attached hydrogen (secondary N) is 2. The van der Waals surface area contributed by atoms with Crippen LogP contribution in [0.3, 0.4) is 0 Å². The highest BCUT2D eigenvalue weighted by Crippen LogP contribution is 2.42. The fourth-order valence-corrected chi connectivity index (χ4v) is 8.05. The monoisotopic (exact) mass is 776 g/mol. The van der Waals surface area contributed by atoms with E-state index in [1.54, 1.807) is 12.1 Å². The number of hydrogen-bond acceptors (Lipinski definition) is 8. The van der Waals surface area contributed by atoms with E-state index in [4.69, 9.17) is 33.4 Å². The van der Waals surface area contributed by atoms with E-state index in [0.29, 0.717) is 84.7 Å². The first-order valence-corrected chi connectivity index (χ1v) is 18.9. The second-order valence-electron chi connectivity index (χ2n) is 14.0. The average molecular weight is 778 g/mol. The number of rotatable bonds is 14. The van der Waals surface area contributed by atoms with Crippen molar-refractivity contribution in [2.24, 2.45) is 0 Å². The number of likely N-dealkylation sites (N-methyl/N-ethyl adjacent to an activating group) is 2. The van der Waals surface area contributed by atoms with Crippen molar-refractivity contribution in [3.63, 3.8) is 0 Å². The first-order chi connectivity index (χ1) is 26.6. The van der Waals surface area contributed by atoms with E-state index < -0.39 is 0 Å². The molecule has 0 saturated heterocycles. The third-order valence-electron chi connectivity index (χ3n) is 10.4. The van der Waals surface area contributed by atoms with E-state index in [2.05, 4.69) is 20.4 Å². The fraction of sp³-hybridized carbons (Fsp3) is 0.268. The molecular weight excluding hydrogens is 739 g/mol. The van der Waals surface area contributed by atoms with Gasteiger partial charge in [0, 0.05) is 72.3 Å². The van der Waals surface area contributed by atoms with Crippen LogP contribution in [0.4, 0.5) is 0 Å². The lowest BCUT2D eigenvalue weighted by Crippen LogP contribution is -2.38. The zero-order valence-electron chi connectivity index (χ0n) is 30.4. The van der Waals surface area contributed by atoms with E-state index in [1.807, 2.05) is 84.1 Å². The molecule has 55 heavy (non-hydrogen) atoms. The van der Waals surface area contributed by atoms with Crippen LogP contribution >= 0.6 is 23.2 Å². The number of ketones is 2. The van der Waals surface area contributed by atoms with Gasteiger partial charge in [0.2, 0.25) is 11.8 Å². The average Bonchev–Trinajstić information content (AvgIpc) is 3.74. The van der Waals surface area contributed by atoms with Gasteiger partial charge in [-0.25, -0.2) is 0 Å². The topological polar surface area (TPSA) is 134 Å². The Morgan fingerprint density at radius 1 is 0.600 bits per heavy atom. The Bertz CT molecular complexity index is 2370. The van der Waals surface area contributed by atoms with Crippen molar-refractivity contribution in [1.29, 1.82) is 0 Å². The summed E-state index contributed by atoms with van der Waals surface area (Å²) in [6.07, 6.45) is -0.253. The Hall–Kier alpha value is -5.40. The normalized spacial score (nSPS) is 12.8. The van der Waals surface area contributed by atoms with Crippen molar-refractivity contribution in [2.45, 2.75) is 19.5 Å². The van der Waals surface area contributed by atoms with Crippen LogP contribution < -0.4 is 10.6 Å². The lowest BCUT2D eigenvalue weighted by Gasteiger charge is -2.18. The number of carbonyl (C=O) groups is 4. The zero-order valence-corrected chi connectivity index (χ0v) is 31.9. The molecular formula is C41H38Cl2N8O4. The van der Waals surface area contributed by atoms with Crippen LogP contribution in [0.1, 0.15) is 38.3 Å². The Labute approximate surface area is 327 Å². The minimum atomic E-state index is -0.339. The van der Waals surface area contributed by atoms with Crippen LogP contribution in [0.2, 0.25) is 10.0 Å². The smallest absolute Gasteiger partial charge is 0.229 e. The molecule has 2 N–H and O–H groups in total. The molecule has 0 bridgehead atoms. The standard InChI is InChI=1S/C41H38Cl2N8O4/c1-48(19-21-50-30-13-5-9-26-36(30)38(46-50)24-7-3-11-28(42)34(24)40(26)54)17-15-44-32(52)23-33(53)45-16-18-49(2)20-22-51-31-14-6-10-27-37(31)39(47-51)25-8-4-12-29(43)35(25)41(27)55/h3-14H,15-23H2,1-2H3,(H,44,52)(H,45,53). The van der Waals surface area contributed by atoms with Crippen molar-refractivity contribution < 1.29 is 19.2 Å². The predicted octanol–water partition coefficient (Wildman–Crippen LogP) is 5.30. The molecule has 0 aliphatic heterocycles. The molecule has 14 heteroatoms. The SMILES string of the molecule is CN(CCNC(=O)CC(=O)NCCN(C)CCn1nc2c3c(cccc31)C(=O)c1c(Cl)cccc1-2)CCn1nc2c3c(cccc31)C(=O)c1c(Cl)cccc1-2. The third kappa shape index (κ3) is 6.80. The molecule has 2 aliphatic carbocycles. The molecule has 0 spiro atoms. The highest BCUT2D eigenvalue weighted by molar-refractivity contribution is 6.39. The second kappa shape index (κ2) is 15.0. The fourth-order valence-electron chi connectivity index (χ4n) is 7.53. The van der Waals surface area contributed by atoms with E-state index in [1.165, 1.54) is 0 Å². The molecule has 0 unspecified atom stereocenters. The number of fused-ring (bicyclic) bond motifs is 4. The molecule has 2 amide bonds. The van der Waals surface area contributed by atoms with Crippen molar-refractivity contribution in [1.82, 2.24) is 40.0 Å². The zero-order chi connectivity index (χ0) is 38.4. The lowest BCUT2D eigenvalue weighted by molar-refractivity contribution is -0.129. The minimum Gasteiger partial charge on any atom is -0.354 e. The predicted molar refractivity (Wildman–Crippen MR) is 213 cm³/mol. The number of nitrogens with zero attached hydrogens (tertiary/aromatic N) is 6. The number of aromatic nitrogens is 4. The van der Waals surface area contributed by atoms with Gasteiger partial charge in [0.1, 0.15) is 17.8 Å². The summed E-state index contributed by atoms with van der Waals surface area (Å²) in [6.45, 7) is 4.41. The Balaban J connectivity index is 0.767. The van der Waals surface area contributed by atoms with Gasteiger partial charge >= 0.3 is 0 Å². The number of amides is 2. The van der Waals surface area contributed by atoms with Crippen molar-refractivity contribution in [3.8, 4) is 22.5 Å². The van der Waals surface area contributed by atoms with E-state index in [0.717, 1.165) is 44.3 Å². The third-order valence-corrected chi connectivity index (χ3v) is 11.0. The van der Waals surface area contributed by atoms with Gasteiger partial charge in [-0.05, 0) is 38.4 Å². The molecule has 8 rings (SSSR count). The van der Waals surface area contributed by atoms with Crippen LogP contribution in [-0.4, -0.2) is 106 Å². The maximum absolute atomic E-state index is 13.3. The summed E-state index contributed by atoms with van der Waals surface area (Å²) in [7, 11) is 3.92. The summed E-state index contributed by atoms with van der Waals surface area (Å²) in [6, 6.07) is 22.2. The first-order valence-electron chi connectivity index (χ1n) is 18.2. The van der Waals surface area contributed by atoms with Gasteiger partial charge in [0.25, 0.3) is 0 Å². The molecule has 2 aliphatic rings. The van der Waals surface area contributed by atoms with Gasteiger partial charge in [-0.15, -0.1) is 0 Å². The van der Waals surface area contributed by atoms with Crippen LogP contribution in [0.15, 0.2) is 72.8 Å². The van der Waals surface area contributed by atoms with Gasteiger partial charge in [-0.2, -0.15) is 10.2 Å². The minimum absolute atomic E-state index is 0.0926. The number of hydrogen-bond donors (Lipinski definition) is 2. The van der Waals surface area contributed by atoms with Crippen LogP contribution in [-0.2, 0) is 22.7 Å². The number of carbonyl (C=O) groups excluding carboxylic acids is 4. The van der Waals surface area contributed by atoms with Gasteiger partial charge in [0.05, 0.1) is 45.3 Å². The molecule has 280 valence electrons. The van der Waals surface area contributed by atoms with Crippen molar-refractivity contribution in [2.75, 3.05) is 53.4 Å². The summed E-state index contributed by atoms with van der Waals surface area (Å²) in [5.41, 5.74) is 6.95. The van der Waals surface area contributed by atoms with E-state index >= 15 is 0 Å². The molecule has 2 heterocycles. The molecule has 6 aromatic rings. The van der Waals surface area contributed by atoms with Crippen molar-refractivity contribution in [3.05, 3.63) is 105 Å². The van der Waals surface area contributed by atoms with Crippen molar-refractivity contribution >= 4 is 68.4 Å². The summed E-state index contributed by atoms with van der Waals surface area (Å²) in [5.74, 6) is -0.862. The number of benzene rings is 4. The molecule has 2 aromatic heterocycles. The molecule has 0 saturated carbocycles. The summed E-state index contributed by atoms with van der Waals surface area (Å²) >= 11 is 12.8. The number of halogens is 2. The maximum atomic E-state index is 13.3. The van der Waals surface area contributed by atoms with Crippen LogP contribution in [0, 0.1) is 0 Å². The van der Waals surface area contributed by atoms with E-state index in [-0.39, 0.29) is 29.8 Å². The van der Waals surface area contributed by atoms with Gasteiger partial charge < -0.3 is 20.4 Å². The largest absolute Gasteiger partial charge is 0.354 e. The first kappa shape index (κ1) is 36.6. The summed E-state index contributed by atoms with van der Waals surface area (Å²) < 4.78 is 3.83. The summed E-state index contributed by atoms with van der Waals surface area (Å²) in [5, 5.41) is 18.0. The summed E-state index contributed by atoms with van der Waals surface area (Å²) in [4.78, 5) is 55.8. The second-order valence-corrected chi connectivity index (χ2v) is 14.8. The van der Waals surface area contributed by atoms with Crippen LogP contribution in [0.5, 0.6) is 0 Å². The molecule has 0 radical (unpaired) electrons. The molecule has 0 atom stereocenters. The van der Waals surface area contributed by atoms with Gasteiger partial charge in [0.15, 0.2) is 11.6 Å². The van der Waals surface area contributed by atoms with Gasteiger partial charge in [-0.1, -0.05) is 71.7 Å². The Morgan fingerprint density at radius 3 is 1.44 bits per heavy atom. The maximum Gasteiger partial charge on any atom is 0.229 e.